The van der Waals surface area contributed by atoms with Gasteiger partial charge in [0, 0.05) is 13.0 Å². The Kier molecular flexibility index (Phi) is 12.0. The van der Waals surface area contributed by atoms with E-state index in [4.69, 9.17) is 0 Å². The third-order valence-electron chi connectivity index (χ3n) is 6.17. The van der Waals surface area contributed by atoms with E-state index in [1.54, 1.807) is 0 Å². The maximum absolute atomic E-state index is 11.1. The molecule has 0 amide bonds. The van der Waals surface area contributed by atoms with Gasteiger partial charge in [-0.2, -0.15) is 0 Å². The molecule has 1 fully saturated rings. The predicted molar refractivity (Wildman–Crippen MR) is 112 cm³/mol. The topological polar surface area (TPSA) is 87.0 Å². The summed E-state index contributed by atoms with van der Waals surface area (Å²) < 4.78 is 4.65. The number of carbonyl (C=O) groups excluding carboxylic acids is 1. The average molecular weight is 399 g/mol. The van der Waals surface area contributed by atoms with Crippen LogP contribution in [0.3, 0.4) is 0 Å². The maximum atomic E-state index is 11.1. The van der Waals surface area contributed by atoms with Crippen LogP contribution in [0.1, 0.15) is 84.5 Å². The lowest BCUT2D eigenvalue weighted by atomic mass is 9.84. The number of hydrogen-bond donors (Lipinski definition) is 3. The molecule has 5 atom stereocenters. The first-order valence-electron chi connectivity index (χ1n) is 11.1. The second-order valence-corrected chi connectivity index (χ2v) is 8.69. The van der Waals surface area contributed by atoms with Crippen molar-refractivity contribution in [3.8, 4) is 0 Å². The summed E-state index contributed by atoms with van der Waals surface area (Å²) in [4.78, 5) is 11.1. The van der Waals surface area contributed by atoms with E-state index in [1.165, 1.54) is 7.11 Å². The molecule has 0 aromatic heterocycles. The van der Waals surface area contributed by atoms with Gasteiger partial charge in [-0.1, -0.05) is 57.6 Å². The van der Waals surface area contributed by atoms with Crippen molar-refractivity contribution in [3.05, 3.63) is 12.2 Å². The lowest BCUT2D eigenvalue weighted by Gasteiger charge is -2.25. The van der Waals surface area contributed by atoms with Gasteiger partial charge < -0.3 is 20.1 Å². The first-order valence-corrected chi connectivity index (χ1v) is 11.1. The molecule has 0 aromatic rings. The average Bonchev–Trinajstić information content (AvgIpc) is 2.97. The van der Waals surface area contributed by atoms with E-state index in [0.29, 0.717) is 12.8 Å². The van der Waals surface area contributed by atoms with Gasteiger partial charge in [0.1, 0.15) is 0 Å². The standard InChI is InChI=1S/C23H42O5/c1-4-5-10-14-23(2,27)15-13-19-18(17-24)16-21(25)20(19)11-8-6-7-9-12-22(26)28-3/h13,15,18-21,24-25,27H,4-12,14,16-17H2,1-3H3/t18-,19-,20+,21-,23?/m0/s1. The second kappa shape index (κ2) is 13.3. The Morgan fingerprint density at radius 2 is 1.89 bits per heavy atom. The molecule has 1 saturated carbocycles. The zero-order valence-corrected chi connectivity index (χ0v) is 18.1. The van der Waals surface area contributed by atoms with E-state index in [2.05, 4.69) is 11.7 Å². The second-order valence-electron chi connectivity index (χ2n) is 8.69. The molecule has 0 heterocycles. The van der Waals surface area contributed by atoms with E-state index >= 15 is 0 Å². The summed E-state index contributed by atoms with van der Waals surface area (Å²) in [5, 5.41) is 30.8. The number of esters is 1. The fourth-order valence-corrected chi connectivity index (χ4v) is 4.37. The Labute approximate surface area is 171 Å². The Bertz CT molecular complexity index is 460. The van der Waals surface area contributed by atoms with Crippen LogP contribution in [0, 0.1) is 17.8 Å². The van der Waals surface area contributed by atoms with Crippen LogP contribution in [0.5, 0.6) is 0 Å². The molecular formula is C23H42O5. The van der Waals surface area contributed by atoms with Crippen molar-refractivity contribution in [2.75, 3.05) is 13.7 Å². The van der Waals surface area contributed by atoms with Crippen LogP contribution in [0.4, 0.5) is 0 Å². The molecule has 28 heavy (non-hydrogen) atoms. The smallest absolute Gasteiger partial charge is 0.305 e. The molecule has 0 saturated heterocycles. The fraction of sp³-hybridized carbons (Fsp3) is 0.870. The first kappa shape index (κ1) is 25.1. The van der Waals surface area contributed by atoms with E-state index < -0.39 is 11.7 Å². The number of aliphatic hydroxyl groups excluding tert-OH is 2. The Morgan fingerprint density at radius 1 is 1.18 bits per heavy atom. The van der Waals surface area contributed by atoms with Crippen LogP contribution in [-0.4, -0.2) is 46.7 Å². The minimum atomic E-state index is -0.832. The number of allylic oxidation sites excluding steroid dienone is 1. The summed E-state index contributed by atoms with van der Waals surface area (Å²) in [5.41, 5.74) is -0.832. The molecule has 3 N–H and O–H groups in total. The zero-order chi connectivity index (χ0) is 21.0. The van der Waals surface area contributed by atoms with Crippen molar-refractivity contribution < 1.29 is 24.9 Å². The van der Waals surface area contributed by atoms with E-state index in [-0.39, 0.29) is 30.3 Å². The Hall–Kier alpha value is -0.910. The van der Waals surface area contributed by atoms with Gasteiger partial charge in [0.15, 0.2) is 0 Å². The molecule has 1 unspecified atom stereocenters. The molecule has 5 heteroatoms. The van der Waals surface area contributed by atoms with E-state index in [1.807, 2.05) is 19.1 Å². The summed E-state index contributed by atoms with van der Waals surface area (Å²) in [6, 6.07) is 0. The summed E-state index contributed by atoms with van der Waals surface area (Å²) in [7, 11) is 1.41. The number of hydrogen-bond acceptors (Lipinski definition) is 5. The van der Waals surface area contributed by atoms with Crippen molar-refractivity contribution in [2.24, 2.45) is 17.8 Å². The molecule has 0 aromatic carbocycles. The molecule has 0 radical (unpaired) electrons. The minimum absolute atomic E-state index is 0.0574. The third kappa shape index (κ3) is 9.06. The number of aliphatic hydroxyl groups is 3. The van der Waals surface area contributed by atoms with Gasteiger partial charge in [-0.05, 0) is 50.4 Å². The largest absolute Gasteiger partial charge is 0.469 e. The highest BCUT2D eigenvalue weighted by Crippen LogP contribution is 2.41. The van der Waals surface area contributed by atoms with Crippen molar-refractivity contribution in [3.63, 3.8) is 0 Å². The number of methoxy groups -OCH3 is 1. The molecule has 0 aliphatic heterocycles. The molecule has 164 valence electrons. The van der Waals surface area contributed by atoms with Gasteiger partial charge in [-0.3, -0.25) is 4.79 Å². The molecule has 5 nitrogen and oxygen atoms in total. The number of carbonyl (C=O) groups is 1. The molecular weight excluding hydrogens is 356 g/mol. The SMILES string of the molecule is CCCCCC(C)(O)C=C[C@H]1[C@H](CO)C[C@H](O)[C@@H]1CCCCCCC(=O)OC. The zero-order valence-electron chi connectivity index (χ0n) is 18.1. The van der Waals surface area contributed by atoms with Crippen molar-refractivity contribution in [1.82, 2.24) is 0 Å². The number of unbranched alkanes of at least 4 members (excludes halogenated alkanes) is 5. The normalized spacial score (nSPS) is 27.2. The summed E-state index contributed by atoms with van der Waals surface area (Å²) in [6.07, 6.45) is 13.3. The van der Waals surface area contributed by atoms with Crippen molar-refractivity contribution >= 4 is 5.97 Å². The van der Waals surface area contributed by atoms with Crippen LogP contribution in [0.2, 0.25) is 0 Å². The van der Waals surface area contributed by atoms with Gasteiger partial charge in [0.05, 0.1) is 18.8 Å². The predicted octanol–water partition coefficient (Wildman–Crippen LogP) is 3.99. The Morgan fingerprint density at radius 3 is 2.54 bits per heavy atom. The molecule has 1 aliphatic rings. The Balaban J connectivity index is 2.53. The highest BCUT2D eigenvalue weighted by atomic mass is 16.5. The molecule has 1 rings (SSSR count). The number of rotatable bonds is 14. The lowest BCUT2D eigenvalue weighted by molar-refractivity contribution is -0.140. The monoisotopic (exact) mass is 398 g/mol. The van der Waals surface area contributed by atoms with Crippen molar-refractivity contribution in [2.45, 2.75) is 96.2 Å². The van der Waals surface area contributed by atoms with Crippen LogP contribution < -0.4 is 0 Å². The van der Waals surface area contributed by atoms with Crippen LogP contribution in [-0.2, 0) is 9.53 Å². The fourth-order valence-electron chi connectivity index (χ4n) is 4.37. The summed E-state index contributed by atoms with van der Waals surface area (Å²) in [6.45, 7) is 4.06. The van der Waals surface area contributed by atoms with Crippen LogP contribution in [0.15, 0.2) is 12.2 Å². The van der Waals surface area contributed by atoms with Gasteiger partial charge >= 0.3 is 5.97 Å². The van der Waals surface area contributed by atoms with E-state index in [9.17, 15) is 20.1 Å². The van der Waals surface area contributed by atoms with Gasteiger partial charge in [-0.15, -0.1) is 0 Å². The van der Waals surface area contributed by atoms with Gasteiger partial charge in [0.2, 0.25) is 0 Å². The van der Waals surface area contributed by atoms with Gasteiger partial charge in [-0.25, -0.2) is 0 Å². The van der Waals surface area contributed by atoms with Crippen molar-refractivity contribution in [1.29, 1.82) is 0 Å². The summed E-state index contributed by atoms with van der Waals surface area (Å²) in [5.74, 6) is 0.128. The quantitative estimate of drug-likeness (QED) is 0.234. The highest BCUT2D eigenvalue weighted by molar-refractivity contribution is 5.68. The first-order chi connectivity index (χ1) is 13.3. The van der Waals surface area contributed by atoms with Crippen LogP contribution in [0.25, 0.3) is 0 Å². The molecule has 1 aliphatic carbocycles. The third-order valence-corrected chi connectivity index (χ3v) is 6.17. The maximum Gasteiger partial charge on any atom is 0.305 e. The molecule has 0 bridgehead atoms. The van der Waals surface area contributed by atoms with E-state index in [0.717, 1.165) is 57.8 Å². The van der Waals surface area contributed by atoms with Gasteiger partial charge in [0.25, 0.3) is 0 Å². The molecule has 0 spiro atoms. The number of ether oxygens (including phenoxy) is 1. The highest BCUT2D eigenvalue weighted by Gasteiger charge is 2.40. The lowest BCUT2D eigenvalue weighted by Crippen LogP contribution is -2.24. The minimum Gasteiger partial charge on any atom is -0.469 e. The summed E-state index contributed by atoms with van der Waals surface area (Å²) >= 11 is 0. The van der Waals surface area contributed by atoms with Crippen LogP contribution >= 0.6 is 0 Å².